The molecule has 2 rings (SSSR count). The normalized spacial score (nSPS) is 12.0. The lowest BCUT2D eigenvalue weighted by Gasteiger charge is -2.17. The number of nitrogens with one attached hydrogen (secondary N) is 1. The molecule has 0 fully saturated rings. The van der Waals surface area contributed by atoms with Gasteiger partial charge < -0.3 is 10.1 Å². The quantitative estimate of drug-likeness (QED) is 0.360. The Morgan fingerprint density at radius 1 is 1.03 bits per heavy atom. The monoisotopic (exact) mass is 441 g/mol. The molecular formula is C24H27NO5S. The van der Waals surface area contributed by atoms with Crippen LogP contribution in [0, 0.1) is 5.41 Å². The fourth-order valence-electron chi connectivity index (χ4n) is 2.47. The van der Waals surface area contributed by atoms with Gasteiger partial charge in [-0.15, -0.1) is 11.8 Å². The van der Waals surface area contributed by atoms with E-state index in [2.05, 4.69) is 5.32 Å². The van der Waals surface area contributed by atoms with Crippen molar-refractivity contribution >= 4 is 40.9 Å². The van der Waals surface area contributed by atoms with Crippen molar-refractivity contribution in [3.8, 4) is 0 Å². The van der Waals surface area contributed by atoms with Gasteiger partial charge in [-0.2, -0.15) is 0 Å². The first-order valence-electron chi connectivity index (χ1n) is 9.87. The molecule has 0 aliphatic heterocycles. The number of anilines is 1. The Labute approximate surface area is 186 Å². The Kier molecular flexibility index (Phi) is 8.16. The highest BCUT2D eigenvalue weighted by Gasteiger charge is 2.24. The Hall–Kier alpha value is -2.93. The maximum atomic E-state index is 12.6. The largest absolute Gasteiger partial charge is 0.454 e. The molecule has 0 unspecified atom stereocenters. The molecule has 6 nitrogen and oxygen atoms in total. The summed E-state index contributed by atoms with van der Waals surface area (Å²) >= 11 is 1.21. The summed E-state index contributed by atoms with van der Waals surface area (Å²) in [5.41, 5.74) is 0.739. The van der Waals surface area contributed by atoms with Gasteiger partial charge in [-0.3, -0.25) is 14.4 Å². The van der Waals surface area contributed by atoms with Crippen LogP contribution in [0.1, 0.15) is 55.3 Å². The van der Waals surface area contributed by atoms with Crippen LogP contribution in [0.2, 0.25) is 0 Å². The van der Waals surface area contributed by atoms with Gasteiger partial charge in [0.15, 0.2) is 18.2 Å². The summed E-state index contributed by atoms with van der Waals surface area (Å²) in [5.74, 6) is -1.14. The zero-order chi connectivity index (χ0) is 23.2. The predicted octanol–water partition coefficient (Wildman–Crippen LogP) is 4.78. The number of Topliss-reactive ketones (excluding diaryl/α,β-unsaturated/α-hetero) is 2. The van der Waals surface area contributed by atoms with E-state index < -0.39 is 16.6 Å². The van der Waals surface area contributed by atoms with Gasteiger partial charge >= 0.3 is 5.97 Å². The average Bonchev–Trinajstić information content (AvgIpc) is 2.71. The summed E-state index contributed by atoms with van der Waals surface area (Å²) in [5, 5.41) is 2.27. The fourth-order valence-corrected chi connectivity index (χ4v) is 3.45. The molecular weight excluding hydrogens is 414 g/mol. The van der Waals surface area contributed by atoms with Crippen molar-refractivity contribution in [1.29, 1.82) is 0 Å². The van der Waals surface area contributed by atoms with Crippen molar-refractivity contribution in [2.45, 2.75) is 44.8 Å². The lowest BCUT2D eigenvalue weighted by Crippen LogP contribution is -2.26. The van der Waals surface area contributed by atoms with Gasteiger partial charge in [-0.1, -0.05) is 45.0 Å². The van der Waals surface area contributed by atoms with E-state index in [0.717, 1.165) is 0 Å². The second kappa shape index (κ2) is 10.4. The molecule has 0 saturated heterocycles. The van der Waals surface area contributed by atoms with E-state index in [0.29, 0.717) is 21.7 Å². The van der Waals surface area contributed by atoms with E-state index in [-0.39, 0.29) is 24.1 Å². The minimum atomic E-state index is -0.609. The van der Waals surface area contributed by atoms with Gasteiger partial charge in [0.1, 0.15) is 0 Å². The molecule has 0 radical (unpaired) electrons. The van der Waals surface area contributed by atoms with Crippen LogP contribution in [0.5, 0.6) is 0 Å². The standard InChI is InChI=1S/C24H27NO5S/c1-15(26)17-9-8-10-18(13-17)25-22(28)16(2)31-20-12-7-6-11-19(20)23(29)30-14-21(27)24(3,4)5/h6-13,16H,14H2,1-5H3,(H,25,28)/t16-/m1/s1. The van der Waals surface area contributed by atoms with Gasteiger partial charge in [-0.05, 0) is 38.1 Å². The van der Waals surface area contributed by atoms with Gasteiger partial charge in [-0.25, -0.2) is 4.79 Å². The number of carbonyl (C=O) groups excluding carboxylic acids is 4. The number of ether oxygens (including phenoxy) is 1. The molecule has 0 saturated carbocycles. The summed E-state index contributed by atoms with van der Waals surface area (Å²) in [7, 11) is 0. The van der Waals surface area contributed by atoms with Crippen LogP contribution in [0.15, 0.2) is 53.4 Å². The second-order valence-corrected chi connectivity index (χ2v) is 9.51. The van der Waals surface area contributed by atoms with Crippen LogP contribution in [-0.2, 0) is 14.3 Å². The lowest BCUT2D eigenvalue weighted by molar-refractivity contribution is -0.129. The lowest BCUT2D eigenvalue weighted by atomic mass is 9.91. The first-order chi connectivity index (χ1) is 14.5. The topological polar surface area (TPSA) is 89.5 Å². The van der Waals surface area contributed by atoms with Crippen molar-refractivity contribution in [2.75, 3.05) is 11.9 Å². The minimum absolute atomic E-state index is 0.0871. The molecule has 1 atom stereocenters. The highest BCUT2D eigenvalue weighted by atomic mass is 32.2. The van der Waals surface area contributed by atoms with E-state index >= 15 is 0 Å². The Morgan fingerprint density at radius 2 is 1.71 bits per heavy atom. The molecule has 2 aromatic carbocycles. The highest BCUT2D eigenvalue weighted by molar-refractivity contribution is 8.00. The summed E-state index contributed by atoms with van der Waals surface area (Å²) in [6.45, 7) is 8.17. The molecule has 0 aromatic heterocycles. The Morgan fingerprint density at radius 3 is 2.35 bits per heavy atom. The van der Waals surface area contributed by atoms with Crippen LogP contribution in [-0.4, -0.2) is 35.3 Å². The summed E-state index contributed by atoms with van der Waals surface area (Å²) in [6.07, 6.45) is 0. The van der Waals surface area contributed by atoms with Crippen molar-refractivity contribution in [2.24, 2.45) is 5.41 Å². The van der Waals surface area contributed by atoms with Crippen LogP contribution in [0.4, 0.5) is 5.69 Å². The Bertz CT molecular complexity index is 993. The third kappa shape index (κ3) is 7.07. The number of thioether (sulfide) groups is 1. The smallest absolute Gasteiger partial charge is 0.339 e. The molecule has 0 bridgehead atoms. The van der Waals surface area contributed by atoms with E-state index in [1.165, 1.54) is 18.7 Å². The highest BCUT2D eigenvalue weighted by Crippen LogP contribution is 2.28. The number of esters is 1. The molecule has 2 aromatic rings. The van der Waals surface area contributed by atoms with E-state index in [1.807, 2.05) is 0 Å². The number of benzene rings is 2. The molecule has 0 heterocycles. The molecule has 0 spiro atoms. The molecule has 7 heteroatoms. The molecule has 164 valence electrons. The summed E-state index contributed by atoms with van der Waals surface area (Å²) < 4.78 is 5.20. The predicted molar refractivity (Wildman–Crippen MR) is 122 cm³/mol. The average molecular weight is 442 g/mol. The number of amides is 1. The molecule has 1 N–H and O–H groups in total. The molecule has 0 aliphatic rings. The second-order valence-electron chi connectivity index (χ2n) is 8.13. The van der Waals surface area contributed by atoms with Gasteiger partial charge in [0.25, 0.3) is 0 Å². The van der Waals surface area contributed by atoms with E-state index in [4.69, 9.17) is 4.74 Å². The number of rotatable bonds is 8. The number of hydrogen-bond donors (Lipinski definition) is 1. The first kappa shape index (κ1) is 24.3. The van der Waals surface area contributed by atoms with E-state index in [9.17, 15) is 19.2 Å². The maximum absolute atomic E-state index is 12.6. The van der Waals surface area contributed by atoms with Crippen molar-refractivity contribution in [3.63, 3.8) is 0 Å². The molecule has 0 aliphatic carbocycles. The van der Waals surface area contributed by atoms with Crippen molar-refractivity contribution in [3.05, 3.63) is 59.7 Å². The van der Waals surface area contributed by atoms with E-state index in [1.54, 1.807) is 76.2 Å². The third-order valence-electron chi connectivity index (χ3n) is 4.49. The fraction of sp³-hybridized carbons (Fsp3) is 0.333. The minimum Gasteiger partial charge on any atom is -0.454 e. The van der Waals surface area contributed by atoms with Crippen molar-refractivity contribution in [1.82, 2.24) is 0 Å². The number of carbonyl (C=O) groups is 4. The van der Waals surface area contributed by atoms with Gasteiger partial charge in [0, 0.05) is 21.6 Å². The SMILES string of the molecule is CC(=O)c1cccc(NC(=O)[C@@H](C)Sc2ccccc2C(=O)OCC(=O)C(C)(C)C)c1. The molecule has 1 amide bonds. The van der Waals surface area contributed by atoms with Crippen LogP contribution < -0.4 is 5.32 Å². The van der Waals surface area contributed by atoms with Gasteiger partial charge in [0.05, 0.1) is 10.8 Å². The van der Waals surface area contributed by atoms with Crippen LogP contribution in [0.25, 0.3) is 0 Å². The van der Waals surface area contributed by atoms with Crippen LogP contribution in [0.3, 0.4) is 0 Å². The number of ketones is 2. The number of hydrogen-bond acceptors (Lipinski definition) is 6. The van der Waals surface area contributed by atoms with Crippen LogP contribution >= 0.6 is 11.8 Å². The van der Waals surface area contributed by atoms with Gasteiger partial charge in [0.2, 0.25) is 5.91 Å². The third-order valence-corrected chi connectivity index (χ3v) is 5.67. The Balaban J connectivity index is 2.06. The zero-order valence-corrected chi connectivity index (χ0v) is 19.2. The summed E-state index contributed by atoms with van der Waals surface area (Å²) in [4.78, 5) is 49.3. The zero-order valence-electron chi connectivity index (χ0n) is 18.4. The first-order valence-corrected chi connectivity index (χ1v) is 10.7. The molecule has 31 heavy (non-hydrogen) atoms. The summed E-state index contributed by atoms with van der Waals surface area (Å²) in [6, 6.07) is 13.5. The van der Waals surface area contributed by atoms with Crippen molar-refractivity contribution < 1.29 is 23.9 Å². The maximum Gasteiger partial charge on any atom is 0.339 e.